The van der Waals surface area contributed by atoms with Crippen molar-refractivity contribution in [2.24, 2.45) is 0 Å². The summed E-state index contributed by atoms with van der Waals surface area (Å²) in [6, 6.07) is 13.1. The molecular weight excluding hydrogens is 487 g/mol. The average molecular weight is 513 g/mol. The van der Waals surface area contributed by atoms with Crippen molar-refractivity contribution in [3.05, 3.63) is 70.7 Å². The first-order valence-corrected chi connectivity index (χ1v) is 12.1. The van der Waals surface area contributed by atoms with Gasteiger partial charge < -0.3 is 24.1 Å². The Labute approximate surface area is 213 Å². The molecular formula is C27H26ClFN2O5. The molecule has 9 heteroatoms. The summed E-state index contributed by atoms with van der Waals surface area (Å²) in [4.78, 5) is 28.3. The van der Waals surface area contributed by atoms with Gasteiger partial charge in [0.15, 0.2) is 17.3 Å². The van der Waals surface area contributed by atoms with Crippen molar-refractivity contribution in [3.8, 4) is 22.8 Å². The number of likely N-dealkylation sites (tertiary alicyclic amines) is 1. The molecule has 2 amide bonds. The maximum absolute atomic E-state index is 15.0. The minimum Gasteiger partial charge on any atom is -0.497 e. The van der Waals surface area contributed by atoms with E-state index in [1.165, 1.54) is 26.4 Å². The zero-order valence-electron chi connectivity index (χ0n) is 20.0. The lowest BCUT2D eigenvalue weighted by molar-refractivity contribution is 0.0686. The van der Waals surface area contributed by atoms with E-state index in [0.717, 1.165) is 18.4 Å². The third-order valence-electron chi connectivity index (χ3n) is 7.19. The molecule has 2 aliphatic rings. The Morgan fingerprint density at radius 1 is 1.11 bits per heavy atom. The third-order valence-corrected chi connectivity index (χ3v) is 7.45. The van der Waals surface area contributed by atoms with Gasteiger partial charge >= 0.3 is 0 Å². The van der Waals surface area contributed by atoms with Crippen LogP contribution in [0.25, 0.3) is 11.3 Å². The Bertz CT molecular complexity index is 1310. The molecule has 1 saturated carbocycles. The second kappa shape index (κ2) is 9.50. The van der Waals surface area contributed by atoms with Gasteiger partial charge in [-0.2, -0.15) is 0 Å². The fraction of sp³-hybridized carbons (Fsp3) is 0.333. The summed E-state index contributed by atoms with van der Waals surface area (Å²) in [5.74, 6) is -0.501. The molecule has 5 rings (SSSR count). The monoisotopic (exact) mass is 512 g/mol. The number of nitrogens with zero attached hydrogens (tertiary/aromatic N) is 1. The van der Waals surface area contributed by atoms with Gasteiger partial charge in [0, 0.05) is 23.2 Å². The summed E-state index contributed by atoms with van der Waals surface area (Å²) in [6.07, 6.45) is 2.85. The molecule has 1 N–H and O–H groups in total. The van der Waals surface area contributed by atoms with Crippen LogP contribution in [0.1, 0.15) is 46.6 Å². The number of methoxy groups -OCH3 is 2. The van der Waals surface area contributed by atoms with E-state index in [9.17, 15) is 9.59 Å². The molecule has 1 aromatic heterocycles. The number of carbonyl (C=O) groups excluding carboxylic acids is 2. The molecule has 0 unspecified atom stereocenters. The van der Waals surface area contributed by atoms with Crippen molar-refractivity contribution in [2.45, 2.75) is 37.3 Å². The lowest BCUT2D eigenvalue weighted by Gasteiger charge is -2.33. The van der Waals surface area contributed by atoms with Crippen LogP contribution in [0.4, 0.5) is 4.39 Å². The zero-order chi connectivity index (χ0) is 25.4. The van der Waals surface area contributed by atoms with Gasteiger partial charge in [0.25, 0.3) is 11.8 Å². The smallest absolute Gasteiger partial charge is 0.287 e. The number of furan rings is 1. The summed E-state index contributed by atoms with van der Waals surface area (Å²) >= 11 is 5.96. The van der Waals surface area contributed by atoms with Crippen molar-refractivity contribution in [1.82, 2.24) is 10.2 Å². The first-order chi connectivity index (χ1) is 17.3. The van der Waals surface area contributed by atoms with Gasteiger partial charge in [0.2, 0.25) is 0 Å². The van der Waals surface area contributed by atoms with E-state index >= 15 is 4.39 Å². The number of hydrogen-bond acceptors (Lipinski definition) is 5. The fourth-order valence-corrected chi connectivity index (χ4v) is 5.52. The molecule has 2 fully saturated rings. The maximum Gasteiger partial charge on any atom is 0.287 e. The summed E-state index contributed by atoms with van der Waals surface area (Å²) < 4.78 is 31.1. The summed E-state index contributed by atoms with van der Waals surface area (Å²) in [7, 11) is 2.79. The Morgan fingerprint density at radius 3 is 2.61 bits per heavy atom. The predicted octanol–water partition coefficient (Wildman–Crippen LogP) is 5.32. The van der Waals surface area contributed by atoms with Crippen molar-refractivity contribution >= 4 is 23.4 Å². The largest absolute Gasteiger partial charge is 0.497 e. The number of carbonyl (C=O) groups is 2. The number of halogens is 2. The third kappa shape index (κ3) is 4.19. The van der Waals surface area contributed by atoms with Gasteiger partial charge in [0.05, 0.1) is 31.4 Å². The highest BCUT2D eigenvalue weighted by Crippen LogP contribution is 2.43. The second-order valence-electron chi connectivity index (χ2n) is 9.13. The van der Waals surface area contributed by atoms with E-state index in [4.69, 9.17) is 25.5 Å². The van der Waals surface area contributed by atoms with Gasteiger partial charge in [0.1, 0.15) is 11.5 Å². The van der Waals surface area contributed by atoms with Crippen LogP contribution in [0.15, 0.2) is 52.9 Å². The van der Waals surface area contributed by atoms with Gasteiger partial charge in [-0.15, -0.1) is 0 Å². The molecule has 0 radical (unpaired) electrons. The molecule has 0 bridgehead atoms. The van der Waals surface area contributed by atoms with E-state index in [1.807, 2.05) is 12.1 Å². The van der Waals surface area contributed by atoms with Crippen molar-refractivity contribution in [1.29, 1.82) is 0 Å². The Balaban J connectivity index is 1.36. The number of ether oxygens (including phenoxy) is 2. The first-order valence-electron chi connectivity index (χ1n) is 11.8. The number of hydrogen-bond donors (Lipinski definition) is 1. The molecule has 36 heavy (non-hydrogen) atoms. The first kappa shape index (κ1) is 24.2. The number of nitrogens with one attached hydrogen (secondary N) is 1. The van der Waals surface area contributed by atoms with Gasteiger partial charge in [-0.1, -0.05) is 11.6 Å². The molecule has 1 saturated heterocycles. The molecule has 2 aromatic carbocycles. The van der Waals surface area contributed by atoms with Gasteiger partial charge in [-0.05, 0) is 68.1 Å². The summed E-state index contributed by atoms with van der Waals surface area (Å²) in [5.41, 5.74) is 0.0990. The average Bonchev–Trinajstić information content (AvgIpc) is 3.60. The van der Waals surface area contributed by atoms with E-state index in [-0.39, 0.29) is 29.0 Å². The van der Waals surface area contributed by atoms with Crippen LogP contribution in [0.5, 0.6) is 11.5 Å². The van der Waals surface area contributed by atoms with Crippen molar-refractivity contribution in [2.75, 3.05) is 20.8 Å². The highest BCUT2D eigenvalue weighted by atomic mass is 35.5. The zero-order valence-corrected chi connectivity index (χ0v) is 20.7. The van der Waals surface area contributed by atoms with E-state index in [2.05, 4.69) is 5.32 Å². The molecule has 1 aliphatic heterocycles. The summed E-state index contributed by atoms with van der Waals surface area (Å²) in [6.45, 7) is 0.400. The standard InChI is InChI=1S/C27H26ClFN2O5/c1-34-18-14-19(24(29)22(15-18)35-2)26(33)31-13-12-27(11-3-4-23(27)31)30-25(32)21-10-9-20(36-21)16-5-7-17(28)8-6-16/h5-10,14-15,23H,3-4,11-13H2,1-2H3,(H,30,32)/t23-,27+/m0/s1. The number of rotatable bonds is 6. The van der Waals surface area contributed by atoms with E-state index < -0.39 is 17.3 Å². The number of amides is 2. The van der Waals surface area contributed by atoms with Crippen molar-refractivity contribution < 1.29 is 27.9 Å². The second-order valence-corrected chi connectivity index (χ2v) is 9.57. The Morgan fingerprint density at radius 2 is 1.89 bits per heavy atom. The number of benzene rings is 2. The quantitative estimate of drug-likeness (QED) is 0.483. The van der Waals surface area contributed by atoms with E-state index in [1.54, 1.807) is 29.2 Å². The molecule has 7 nitrogen and oxygen atoms in total. The minimum absolute atomic E-state index is 0.0582. The molecule has 2 heterocycles. The van der Waals surface area contributed by atoms with Crippen LogP contribution in [-0.4, -0.2) is 49.1 Å². The van der Waals surface area contributed by atoms with Crippen LogP contribution in [0, 0.1) is 5.82 Å². The van der Waals surface area contributed by atoms with Crippen LogP contribution in [-0.2, 0) is 0 Å². The SMILES string of the molecule is COc1cc(OC)c(F)c(C(=O)N2CC[C@]3(NC(=O)c4ccc(-c5ccc(Cl)cc5)o4)CCC[C@H]23)c1. The highest BCUT2D eigenvalue weighted by Gasteiger charge is 2.53. The molecule has 2 atom stereocenters. The van der Waals surface area contributed by atoms with Crippen LogP contribution < -0.4 is 14.8 Å². The highest BCUT2D eigenvalue weighted by molar-refractivity contribution is 6.30. The van der Waals surface area contributed by atoms with Crippen LogP contribution in [0.3, 0.4) is 0 Å². The van der Waals surface area contributed by atoms with E-state index in [0.29, 0.717) is 35.9 Å². The Hall–Kier alpha value is -3.52. The lowest BCUT2D eigenvalue weighted by atomic mass is 9.92. The predicted molar refractivity (Wildman–Crippen MR) is 132 cm³/mol. The molecule has 0 spiro atoms. The fourth-order valence-electron chi connectivity index (χ4n) is 5.39. The van der Waals surface area contributed by atoms with Crippen LogP contribution >= 0.6 is 11.6 Å². The Kier molecular flexibility index (Phi) is 6.38. The molecule has 3 aromatic rings. The van der Waals surface area contributed by atoms with Gasteiger partial charge in [-0.25, -0.2) is 4.39 Å². The topological polar surface area (TPSA) is 81.0 Å². The van der Waals surface area contributed by atoms with Crippen LogP contribution in [0.2, 0.25) is 5.02 Å². The lowest BCUT2D eigenvalue weighted by Crippen LogP contribution is -2.54. The minimum atomic E-state index is -0.729. The maximum atomic E-state index is 15.0. The van der Waals surface area contributed by atoms with Crippen molar-refractivity contribution in [3.63, 3.8) is 0 Å². The van der Waals surface area contributed by atoms with Gasteiger partial charge in [-0.3, -0.25) is 9.59 Å². The molecule has 1 aliphatic carbocycles. The normalized spacial score (nSPS) is 20.8. The molecule has 188 valence electrons. The summed E-state index contributed by atoms with van der Waals surface area (Å²) in [5, 5.41) is 3.76. The number of fused-ring (bicyclic) bond motifs is 1.